The summed E-state index contributed by atoms with van der Waals surface area (Å²) in [5.41, 5.74) is 3.96. The summed E-state index contributed by atoms with van der Waals surface area (Å²) >= 11 is 1.54. The molecule has 0 bridgehead atoms. The molecule has 1 saturated heterocycles. The first-order valence-electron chi connectivity index (χ1n) is 10.9. The van der Waals surface area contributed by atoms with E-state index in [0.29, 0.717) is 17.4 Å². The molecule has 5 heterocycles. The van der Waals surface area contributed by atoms with Crippen molar-refractivity contribution >= 4 is 39.8 Å². The van der Waals surface area contributed by atoms with Gasteiger partial charge in [-0.25, -0.2) is 15.0 Å². The Morgan fingerprint density at radius 1 is 1.12 bits per heavy atom. The van der Waals surface area contributed by atoms with E-state index < -0.39 is 0 Å². The van der Waals surface area contributed by atoms with Crippen LogP contribution in [0.1, 0.15) is 23.2 Å². The van der Waals surface area contributed by atoms with Gasteiger partial charge in [0.2, 0.25) is 0 Å². The van der Waals surface area contributed by atoms with E-state index in [4.69, 9.17) is 4.98 Å². The predicted molar refractivity (Wildman–Crippen MR) is 132 cm³/mol. The molecule has 0 atom stereocenters. The maximum atomic E-state index is 12.9. The molecule has 0 aromatic carbocycles. The van der Waals surface area contributed by atoms with Crippen LogP contribution in [0.2, 0.25) is 0 Å². The van der Waals surface area contributed by atoms with Gasteiger partial charge in [0.1, 0.15) is 11.6 Å². The Labute approximate surface area is 196 Å². The van der Waals surface area contributed by atoms with Crippen LogP contribution >= 0.6 is 11.3 Å². The van der Waals surface area contributed by atoms with Gasteiger partial charge in [-0.05, 0) is 51.2 Å². The lowest BCUT2D eigenvalue weighted by Crippen LogP contribution is -2.42. The monoisotopic (exact) mass is 459 g/mol. The highest BCUT2D eigenvalue weighted by Gasteiger charge is 2.22. The Morgan fingerprint density at radius 3 is 2.73 bits per heavy atom. The Bertz CT molecular complexity index is 1270. The zero-order chi connectivity index (χ0) is 22.8. The molecule has 4 aromatic rings. The third-order valence-corrected chi connectivity index (χ3v) is 6.82. The van der Waals surface area contributed by atoms with Crippen LogP contribution in [-0.4, -0.2) is 64.0 Å². The number of fused-ring (bicyclic) bond motifs is 1. The van der Waals surface area contributed by atoms with Crippen LogP contribution in [0.15, 0.2) is 54.4 Å². The van der Waals surface area contributed by atoms with Crippen LogP contribution in [-0.2, 0) is 0 Å². The number of thiazole rings is 1. The molecule has 33 heavy (non-hydrogen) atoms. The van der Waals surface area contributed by atoms with Crippen LogP contribution in [0.25, 0.3) is 21.5 Å². The summed E-state index contributed by atoms with van der Waals surface area (Å²) in [6.07, 6.45) is 7.39. The molecule has 1 aliphatic rings. The van der Waals surface area contributed by atoms with E-state index in [1.54, 1.807) is 36.2 Å². The molecule has 1 fully saturated rings. The van der Waals surface area contributed by atoms with E-state index in [2.05, 4.69) is 44.2 Å². The van der Waals surface area contributed by atoms with Crippen LogP contribution in [0.4, 0.5) is 11.6 Å². The van der Waals surface area contributed by atoms with Gasteiger partial charge in [-0.2, -0.15) is 0 Å². The maximum Gasteiger partial charge on any atom is 0.257 e. The van der Waals surface area contributed by atoms with Gasteiger partial charge in [0.15, 0.2) is 0 Å². The molecule has 0 spiro atoms. The van der Waals surface area contributed by atoms with Crippen molar-refractivity contribution in [3.05, 3.63) is 60.0 Å². The molecule has 8 nitrogen and oxygen atoms in total. The summed E-state index contributed by atoms with van der Waals surface area (Å²) < 4.78 is 0. The van der Waals surface area contributed by atoms with Gasteiger partial charge in [0.25, 0.3) is 5.91 Å². The highest BCUT2D eigenvalue weighted by Crippen LogP contribution is 2.25. The van der Waals surface area contributed by atoms with Crippen LogP contribution in [0.5, 0.6) is 0 Å². The standard InChI is InChI=1S/C24H25N7OS/c1-30(2)18-6-9-31(10-7-18)23-11-16(5-8-26-23)24(32)29-22-12-20-17(13-27-22)3-4-19(28-20)21-14-25-15-33-21/h3-5,8,11-15,18H,6-7,9-10H2,1-2H3,(H,27,29,32). The maximum absolute atomic E-state index is 12.9. The lowest BCUT2D eigenvalue weighted by atomic mass is 10.0. The van der Waals surface area contributed by atoms with Crippen LogP contribution < -0.4 is 10.2 Å². The average molecular weight is 460 g/mol. The van der Waals surface area contributed by atoms with E-state index in [1.807, 2.05) is 18.2 Å². The van der Waals surface area contributed by atoms with Crippen molar-refractivity contribution in [2.45, 2.75) is 18.9 Å². The van der Waals surface area contributed by atoms with Crippen molar-refractivity contribution in [1.82, 2.24) is 24.8 Å². The van der Waals surface area contributed by atoms with Crippen molar-refractivity contribution in [3.8, 4) is 10.6 Å². The number of aromatic nitrogens is 4. The minimum Gasteiger partial charge on any atom is -0.356 e. The summed E-state index contributed by atoms with van der Waals surface area (Å²) in [7, 11) is 4.25. The Hall–Kier alpha value is -3.43. The van der Waals surface area contributed by atoms with E-state index in [0.717, 1.165) is 53.2 Å². The molecule has 1 aliphatic heterocycles. The number of rotatable bonds is 5. The van der Waals surface area contributed by atoms with Crippen molar-refractivity contribution in [3.63, 3.8) is 0 Å². The lowest BCUT2D eigenvalue weighted by molar-refractivity contribution is 0.102. The quantitative estimate of drug-likeness (QED) is 0.484. The van der Waals surface area contributed by atoms with Crippen molar-refractivity contribution in [2.24, 2.45) is 0 Å². The number of hydrogen-bond donors (Lipinski definition) is 1. The van der Waals surface area contributed by atoms with Crippen LogP contribution in [0.3, 0.4) is 0 Å². The summed E-state index contributed by atoms with van der Waals surface area (Å²) in [5.74, 6) is 1.08. The zero-order valence-corrected chi connectivity index (χ0v) is 19.4. The smallest absolute Gasteiger partial charge is 0.257 e. The molecule has 0 radical (unpaired) electrons. The summed E-state index contributed by atoms with van der Waals surface area (Å²) in [6.45, 7) is 1.86. The third kappa shape index (κ3) is 4.69. The van der Waals surface area contributed by atoms with Gasteiger partial charge < -0.3 is 15.1 Å². The summed E-state index contributed by atoms with van der Waals surface area (Å²) in [5, 5.41) is 3.81. The van der Waals surface area contributed by atoms with Gasteiger partial charge >= 0.3 is 0 Å². The van der Waals surface area contributed by atoms with E-state index in [9.17, 15) is 4.79 Å². The predicted octanol–water partition coefficient (Wildman–Crippen LogP) is 3.93. The number of anilines is 2. The fourth-order valence-corrected chi connectivity index (χ4v) is 4.69. The fourth-order valence-electron chi connectivity index (χ4n) is 4.10. The van der Waals surface area contributed by atoms with Gasteiger partial charge in [-0.15, -0.1) is 11.3 Å². The number of amides is 1. The SMILES string of the molecule is CN(C)C1CCN(c2cc(C(=O)Nc3cc4nc(-c5cncs5)ccc4cn3)ccn2)CC1. The summed E-state index contributed by atoms with van der Waals surface area (Å²) in [6, 6.07) is 9.91. The zero-order valence-electron chi connectivity index (χ0n) is 18.6. The molecule has 1 amide bonds. The molecule has 0 saturated carbocycles. The topological polar surface area (TPSA) is 87.1 Å². The van der Waals surface area contributed by atoms with Crippen molar-refractivity contribution in [2.75, 3.05) is 37.4 Å². The van der Waals surface area contributed by atoms with E-state index in [1.165, 1.54) is 11.3 Å². The van der Waals surface area contributed by atoms with Crippen LogP contribution in [0, 0.1) is 0 Å². The van der Waals surface area contributed by atoms with Crippen molar-refractivity contribution in [1.29, 1.82) is 0 Å². The molecule has 0 aliphatic carbocycles. The molecule has 168 valence electrons. The fraction of sp³-hybridized carbons (Fsp3) is 0.292. The first-order chi connectivity index (χ1) is 16.1. The van der Waals surface area contributed by atoms with Gasteiger partial charge in [-0.1, -0.05) is 0 Å². The van der Waals surface area contributed by atoms with Gasteiger partial charge in [0, 0.05) is 54.7 Å². The molecular formula is C24H25N7OS. The molecule has 5 rings (SSSR count). The first kappa shape index (κ1) is 21.4. The molecular weight excluding hydrogens is 434 g/mol. The Kier molecular flexibility index (Phi) is 5.97. The largest absolute Gasteiger partial charge is 0.356 e. The second kappa shape index (κ2) is 9.21. The number of carbonyl (C=O) groups excluding carboxylic acids is 1. The van der Waals surface area contributed by atoms with Crippen molar-refractivity contribution < 1.29 is 4.79 Å². The van der Waals surface area contributed by atoms with Gasteiger partial charge in [0.05, 0.1) is 21.6 Å². The molecule has 0 unspecified atom stereocenters. The lowest BCUT2D eigenvalue weighted by Gasteiger charge is -2.35. The van der Waals surface area contributed by atoms with Gasteiger partial charge in [-0.3, -0.25) is 9.78 Å². The third-order valence-electron chi connectivity index (χ3n) is 6.03. The normalized spacial score (nSPS) is 14.7. The minimum absolute atomic E-state index is 0.215. The number of hydrogen-bond acceptors (Lipinski definition) is 8. The second-order valence-corrected chi connectivity index (χ2v) is 9.25. The number of nitrogens with zero attached hydrogens (tertiary/aromatic N) is 6. The second-order valence-electron chi connectivity index (χ2n) is 8.36. The molecule has 4 aromatic heterocycles. The Morgan fingerprint density at radius 2 is 1.97 bits per heavy atom. The molecule has 1 N–H and O–H groups in total. The highest BCUT2D eigenvalue weighted by molar-refractivity contribution is 7.13. The van der Waals surface area contributed by atoms with E-state index in [-0.39, 0.29) is 5.91 Å². The summed E-state index contributed by atoms with van der Waals surface area (Å²) in [4.78, 5) is 36.2. The van der Waals surface area contributed by atoms with E-state index >= 15 is 0 Å². The average Bonchev–Trinajstić information content (AvgIpc) is 3.39. The highest BCUT2D eigenvalue weighted by atomic mass is 32.1. The first-order valence-corrected chi connectivity index (χ1v) is 11.8. The number of pyridine rings is 3. The molecule has 9 heteroatoms. The minimum atomic E-state index is -0.215. The number of carbonyl (C=O) groups is 1. The Balaban J connectivity index is 1.32. The number of piperidine rings is 1. The number of nitrogens with one attached hydrogen (secondary N) is 1.